The van der Waals surface area contributed by atoms with Crippen molar-refractivity contribution in [3.05, 3.63) is 33.4 Å². The third kappa shape index (κ3) is 15.2. The minimum atomic E-state index is -0.437. The molecule has 0 radical (unpaired) electrons. The molecule has 0 fully saturated rings. The number of ether oxygens (including phenoxy) is 1. The summed E-state index contributed by atoms with van der Waals surface area (Å²) in [5, 5.41) is 2.84. The van der Waals surface area contributed by atoms with Gasteiger partial charge >= 0.3 is 6.09 Å². The molecule has 1 aromatic rings. The van der Waals surface area contributed by atoms with Gasteiger partial charge in [0, 0.05) is 16.7 Å². The molecule has 0 aliphatic carbocycles. The van der Waals surface area contributed by atoms with E-state index in [1.165, 1.54) is 17.7 Å². The third-order valence-corrected chi connectivity index (χ3v) is 4.66. The molecule has 0 heterocycles. The zero-order valence-corrected chi connectivity index (χ0v) is 20.4. The number of hydrogen-bond donors (Lipinski definition) is 2. The summed E-state index contributed by atoms with van der Waals surface area (Å²) >= 11 is 2.23. The molecule has 1 rings (SSSR count). The molecule has 0 saturated carbocycles. The number of nitrogens with one attached hydrogen (secondary N) is 1. The first-order valence-electron chi connectivity index (χ1n) is 10.6. The second kappa shape index (κ2) is 18.7. The van der Waals surface area contributed by atoms with Crippen LogP contribution in [0.4, 0.5) is 4.79 Å². The van der Waals surface area contributed by atoms with Gasteiger partial charge in [0.2, 0.25) is 5.91 Å². The maximum Gasteiger partial charge on any atom is 0.410 e. The van der Waals surface area contributed by atoms with E-state index in [1.807, 2.05) is 31.2 Å². The van der Waals surface area contributed by atoms with Crippen molar-refractivity contribution in [1.82, 2.24) is 10.2 Å². The fraction of sp³-hybridized carbons (Fsp3) is 0.636. The Morgan fingerprint density at radius 2 is 1.79 bits per heavy atom. The van der Waals surface area contributed by atoms with Crippen LogP contribution in [-0.4, -0.2) is 43.1 Å². The van der Waals surface area contributed by atoms with Gasteiger partial charge in [-0.3, -0.25) is 9.69 Å². The Labute approximate surface area is 190 Å². The van der Waals surface area contributed by atoms with Gasteiger partial charge in [0.15, 0.2) is 0 Å². The fourth-order valence-corrected chi connectivity index (χ4v) is 2.88. The van der Waals surface area contributed by atoms with Crippen LogP contribution in [0.2, 0.25) is 0 Å². The predicted octanol–water partition coefficient (Wildman–Crippen LogP) is 4.69. The van der Waals surface area contributed by atoms with Gasteiger partial charge in [-0.1, -0.05) is 52.2 Å². The molecule has 7 heteroatoms. The quantitative estimate of drug-likeness (QED) is 0.310. The largest absolute Gasteiger partial charge is 0.449 e. The number of carbonyl (C=O) groups is 2. The third-order valence-electron chi connectivity index (χ3n) is 3.99. The molecule has 0 aliphatic rings. The summed E-state index contributed by atoms with van der Waals surface area (Å²) in [5.41, 5.74) is 6.12. The molecule has 3 N–H and O–H groups in total. The van der Waals surface area contributed by atoms with E-state index in [0.717, 1.165) is 41.4 Å². The number of amides is 2. The lowest BCUT2D eigenvalue weighted by Gasteiger charge is -2.22. The van der Waals surface area contributed by atoms with Crippen molar-refractivity contribution >= 4 is 34.6 Å². The number of hydrogen-bond acceptors (Lipinski definition) is 4. The molecule has 166 valence electrons. The minimum Gasteiger partial charge on any atom is -0.449 e. The van der Waals surface area contributed by atoms with Crippen LogP contribution >= 0.6 is 22.6 Å². The van der Waals surface area contributed by atoms with Gasteiger partial charge in [0.25, 0.3) is 0 Å². The van der Waals surface area contributed by atoms with E-state index >= 15 is 0 Å². The van der Waals surface area contributed by atoms with Crippen molar-refractivity contribution in [1.29, 1.82) is 0 Å². The molecule has 0 spiro atoms. The van der Waals surface area contributed by atoms with Gasteiger partial charge < -0.3 is 15.8 Å². The van der Waals surface area contributed by atoms with Crippen molar-refractivity contribution in [2.45, 2.75) is 65.8 Å². The van der Waals surface area contributed by atoms with E-state index in [4.69, 9.17) is 10.5 Å². The fourth-order valence-electron chi connectivity index (χ4n) is 2.27. The van der Waals surface area contributed by atoms with Crippen molar-refractivity contribution in [2.24, 2.45) is 5.73 Å². The first-order chi connectivity index (χ1) is 14.0. The topological polar surface area (TPSA) is 84.7 Å². The number of halogens is 1. The minimum absolute atomic E-state index is 0.0140. The molecule has 0 bridgehead atoms. The average molecular weight is 519 g/mol. The highest BCUT2D eigenvalue weighted by Gasteiger charge is 2.19. The number of carbonyl (C=O) groups excluding carboxylic acids is 2. The standard InChI is InChI=1S/C18H27IN2O3.C4H11N/c1-3-5-10-20-17(22)14-21(18(23)24-11-6-4-2)13-15-8-7-9-16(19)12-15;1-2-3-4-5/h7-9,12H,3-6,10-11,13-14H2,1-2H3,(H,20,22);2-5H2,1H3. The Balaban J connectivity index is 0.00000139. The van der Waals surface area contributed by atoms with E-state index in [1.54, 1.807) is 0 Å². The number of rotatable bonds is 12. The zero-order valence-electron chi connectivity index (χ0n) is 18.2. The van der Waals surface area contributed by atoms with Gasteiger partial charge in [0.05, 0.1) is 6.61 Å². The summed E-state index contributed by atoms with van der Waals surface area (Å²) < 4.78 is 6.37. The smallest absolute Gasteiger partial charge is 0.410 e. The average Bonchev–Trinajstić information content (AvgIpc) is 2.69. The molecule has 0 saturated heterocycles. The summed E-state index contributed by atoms with van der Waals surface area (Å²) in [6, 6.07) is 7.88. The van der Waals surface area contributed by atoms with Crippen LogP contribution in [0, 0.1) is 3.57 Å². The van der Waals surface area contributed by atoms with Crippen molar-refractivity contribution < 1.29 is 14.3 Å². The lowest BCUT2D eigenvalue weighted by molar-refractivity contribution is -0.122. The van der Waals surface area contributed by atoms with Crippen LogP contribution in [0.1, 0.15) is 64.9 Å². The summed E-state index contributed by atoms with van der Waals surface area (Å²) in [5.74, 6) is -0.151. The Bertz CT molecular complexity index is 568. The number of unbranched alkanes of at least 4 members (excludes halogenated alkanes) is 3. The van der Waals surface area contributed by atoms with Crippen molar-refractivity contribution in [3.8, 4) is 0 Å². The van der Waals surface area contributed by atoms with Crippen LogP contribution in [-0.2, 0) is 16.1 Å². The molecule has 0 aliphatic heterocycles. The van der Waals surface area contributed by atoms with Crippen molar-refractivity contribution in [3.63, 3.8) is 0 Å². The number of nitrogens with zero attached hydrogens (tertiary/aromatic N) is 1. The second-order valence-electron chi connectivity index (χ2n) is 6.80. The van der Waals surface area contributed by atoms with E-state index in [-0.39, 0.29) is 12.5 Å². The normalized spacial score (nSPS) is 9.97. The maximum atomic E-state index is 12.3. The first-order valence-corrected chi connectivity index (χ1v) is 11.7. The lowest BCUT2D eigenvalue weighted by atomic mass is 10.2. The lowest BCUT2D eigenvalue weighted by Crippen LogP contribution is -2.41. The van der Waals surface area contributed by atoms with Crippen LogP contribution in [0.15, 0.2) is 24.3 Å². The molecule has 6 nitrogen and oxygen atoms in total. The van der Waals surface area contributed by atoms with E-state index < -0.39 is 6.09 Å². The SMILES string of the molecule is CCCCN.CCCCNC(=O)CN(Cc1cccc(I)c1)C(=O)OCCCC. The maximum absolute atomic E-state index is 12.3. The molecule has 0 aromatic heterocycles. The molecule has 0 unspecified atom stereocenters. The summed E-state index contributed by atoms with van der Waals surface area (Å²) in [4.78, 5) is 25.8. The van der Waals surface area contributed by atoms with Crippen LogP contribution < -0.4 is 11.1 Å². The van der Waals surface area contributed by atoms with Crippen LogP contribution in [0.25, 0.3) is 0 Å². The van der Waals surface area contributed by atoms with E-state index in [9.17, 15) is 9.59 Å². The van der Waals surface area contributed by atoms with E-state index in [0.29, 0.717) is 19.7 Å². The summed E-state index contributed by atoms with van der Waals surface area (Å²) in [6.07, 6.45) is 5.69. The van der Waals surface area contributed by atoms with Gasteiger partial charge in [0.1, 0.15) is 6.54 Å². The number of nitrogens with two attached hydrogens (primary N) is 1. The number of benzene rings is 1. The summed E-state index contributed by atoms with van der Waals surface area (Å²) in [6.45, 7) is 8.48. The Morgan fingerprint density at radius 1 is 1.10 bits per heavy atom. The Morgan fingerprint density at radius 3 is 2.34 bits per heavy atom. The molecule has 1 aromatic carbocycles. The Kier molecular flexibility index (Phi) is 17.8. The van der Waals surface area contributed by atoms with Gasteiger partial charge in [-0.15, -0.1) is 0 Å². The van der Waals surface area contributed by atoms with Gasteiger partial charge in [-0.2, -0.15) is 0 Å². The molecule has 29 heavy (non-hydrogen) atoms. The highest BCUT2D eigenvalue weighted by molar-refractivity contribution is 14.1. The molecule has 0 atom stereocenters. The molecule has 2 amide bonds. The Hall–Kier alpha value is -1.35. The summed E-state index contributed by atoms with van der Waals surface area (Å²) in [7, 11) is 0. The van der Waals surface area contributed by atoms with Gasteiger partial charge in [-0.25, -0.2) is 4.79 Å². The first kappa shape index (κ1) is 27.6. The van der Waals surface area contributed by atoms with Crippen molar-refractivity contribution in [2.75, 3.05) is 26.2 Å². The second-order valence-corrected chi connectivity index (χ2v) is 8.05. The highest BCUT2D eigenvalue weighted by Crippen LogP contribution is 2.11. The highest BCUT2D eigenvalue weighted by atomic mass is 127. The predicted molar refractivity (Wildman–Crippen MR) is 128 cm³/mol. The zero-order chi connectivity index (χ0) is 21.9. The van der Waals surface area contributed by atoms with Crippen LogP contribution in [0.3, 0.4) is 0 Å². The van der Waals surface area contributed by atoms with E-state index in [2.05, 4.69) is 41.8 Å². The monoisotopic (exact) mass is 519 g/mol. The van der Waals surface area contributed by atoms with Gasteiger partial charge in [-0.05, 0) is 66.1 Å². The van der Waals surface area contributed by atoms with Crippen LogP contribution in [0.5, 0.6) is 0 Å². The molecular weight excluding hydrogens is 481 g/mol. The molecular formula is C22H38IN3O3.